The van der Waals surface area contributed by atoms with Crippen LogP contribution in [-0.4, -0.2) is 21.1 Å². The molecule has 1 heterocycles. The van der Waals surface area contributed by atoms with E-state index < -0.39 is 4.92 Å². The van der Waals surface area contributed by atoms with Gasteiger partial charge in [0.25, 0.3) is 5.69 Å². The molecule has 4 rings (SSSR count). The highest BCUT2D eigenvalue weighted by Gasteiger charge is 2.35. The zero-order valence-corrected chi connectivity index (χ0v) is 12.1. The van der Waals surface area contributed by atoms with Gasteiger partial charge in [-0.25, -0.2) is 0 Å². The Morgan fingerprint density at radius 1 is 1.00 bits per heavy atom. The van der Waals surface area contributed by atoms with Gasteiger partial charge in [-0.1, -0.05) is 18.2 Å². The summed E-state index contributed by atoms with van der Waals surface area (Å²) in [6, 6.07) is 11.1. The molecule has 1 aliphatic carbocycles. The number of carbonyl (C=O) groups is 2. The number of nitro benzene ring substituents is 1. The van der Waals surface area contributed by atoms with Crippen molar-refractivity contribution in [3.63, 3.8) is 0 Å². The fourth-order valence-electron chi connectivity index (χ4n) is 3.18. The zero-order chi connectivity index (χ0) is 16.3. The summed E-state index contributed by atoms with van der Waals surface area (Å²) in [5, 5.41) is 11.6. The first kappa shape index (κ1) is 13.4. The fourth-order valence-corrected chi connectivity index (χ4v) is 3.18. The highest BCUT2D eigenvalue weighted by molar-refractivity contribution is 6.32. The standard InChI is InChI=1S/C17H10N2O4/c1-18-13-5-3-2-4-11(13)14-15(18)17(21)12-8-9(19(22)23)6-7-10(12)16(14)20/h2-8H,1H3. The van der Waals surface area contributed by atoms with E-state index in [1.54, 1.807) is 17.7 Å². The lowest BCUT2D eigenvalue weighted by molar-refractivity contribution is -0.384. The molecule has 0 saturated heterocycles. The van der Waals surface area contributed by atoms with Gasteiger partial charge in [-0.15, -0.1) is 0 Å². The molecule has 0 radical (unpaired) electrons. The van der Waals surface area contributed by atoms with Crippen molar-refractivity contribution in [3.05, 3.63) is 75.0 Å². The second-order valence-electron chi connectivity index (χ2n) is 5.45. The maximum Gasteiger partial charge on any atom is 0.270 e. The van der Waals surface area contributed by atoms with Gasteiger partial charge in [-0.3, -0.25) is 19.7 Å². The summed E-state index contributed by atoms with van der Waals surface area (Å²) in [5.74, 6) is -0.640. The normalized spacial score (nSPS) is 13.1. The quantitative estimate of drug-likeness (QED) is 0.400. The molecule has 0 fully saturated rings. The van der Waals surface area contributed by atoms with Crippen molar-refractivity contribution < 1.29 is 14.5 Å². The van der Waals surface area contributed by atoms with Crippen LogP contribution in [0.15, 0.2) is 42.5 Å². The Kier molecular flexibility index (Phi) is 2.54. The minimum Gasteiger partial charge on any atom is -0.340 e. The van der Waals surface area contributed by atoms with Crippen molar-refractivity contribution in [2.45, 2.75) is 0 Å². The number of aromatic nitrogens is 1. The van der Waals surface area contributed by atoms with Crippen LogP contribution in [0.2, 0.25) is 0 Å². The smallest absolute Gasteiger partial charge is 0.270 e. The van der Waals surface area contributed by atoms with Gasteiger partial charge in [0.05, 0.1) is 10.5 Å². The first-order valence-electron chi connectivity index (χ1n) is 6.96. The first-order chi connectivity index (χ1) is 11.0. The van der Waals surface area contributed by atoms with Gasteiger partial charge in [0.2, 0.25) is 5.78 Å². The van der Waals surface area contributed by atoms with E-state index in [4.69, 9.17) is 0 Å². The van der Waals surface area contributed by atoms with Gasteiger partial charge < -0.3 is 4.57 Å². The third-order valence-corrected chi connectivity index (χ3v) is 4.25. The van der Waals surface area contributed by atoms with E-state index in [2.05, 4.69) is 0 Å². The molecule has 2 aromatic carbocycles. The van der Waals surface area contributed by atoms with Crippen LogP contribution in [0.1, 0.15) is 32.0 Å². The Balaban J connectivity index is 2.08. The monoisotopic (exact) mass is 306 g/mol. The molecule has 6 nitrogen and oxygen atoms in total. The average molecular weight is 306 g/mol. The van der Waals surface area contributed by atoms with Gasteiger partial charge >= 0.3 is 0 Å². The minimum absolute atomic E-state index is 0.0857. The Hall–Kier alpha value is -3.28. The molecule has 1 aromatic heterocycles. The van der Waals surface area contributed by atoms with Crippen LogP contribution in [0.3, 0.4) is 0 Å². The number of rotatable bonds is 1. The van der Waals surface area contributed by atoms with Gasteiger partial charge in [-0.2, -0.15) is 0 Å². The van der Waals surface area contributed by atoms with E-state index in [9.17, 15) is 19.7 Å². The van der Waals surface area contributed by atoms with Crippen LogP contribution >= 0.6 is 0 Å². The molecule has 0 spiro atoms. The molecule has 3 aromatic rings. The molecule has 0 N–H and O–H groups in total. The number of para-hydroxylation sites is 1. The summed E-state index contributed by atoms with van der Waals surface area (Å²) in [5.41, 5.74) is 1.53. The Labute approximate surface area is 130 Å². The number of benzene rings is 2. The van der Waals surface area contributed by atoms with Gasteiger partial charge in [0.15, 0.2) is 5.78 Å². The van der Waals surface area contributed by atoms with Crippen molar-refractivity contribution in [1.82, 2.24) is 4.57 Å². The number of ketones is 2. The van der Waals surface area contributed by atoms with Crippen LogP contribution in [-0.2, 0) is 7.05 Å². The molecule has 1 aliphatic rings. The number of hydrogen-bond acceptors (Lipinski definition) is 4. The van der Waals surface area contributed by atoms with E-state index in [0.29, 0.717) is 10.9 Å². The summed E-state index contributed by atoms with van der Waals surface area (Å²) < 4.78 is 1.67. The third kappa shape index (κ3) is 1.63. The predicted molar refractivity (Wildman–Crippen MR) is 82.9 cm³/mol. The minimum atomic E-state index is -0.574. The summed E-state index contributed by atoms with van der Waals surface area (Å²) in [6.07, 6.45) is 0. The number of non-ortho nitro benzene ring substituents is 1. The van der Waals surface area contributed by atoms with Gasteiger partial charge in [0.1, 0.15) is 5.69 Å². The lowest BCUT2D eigenvalue weighted by Gasteiger charge is -2.15. The van der Waals surface area contributed by atoms with E-state index >= 15 is 0 Å². The number of nitro groups is 1. The molecule has 0 bridgehead atoms. The number of carbonyl (C=O) groups excluding carboxylic acids is 2. The summed E-state index contributed by atoms with van der Waals surface area (Å²) >= 11 is 0. The van der Waals surface area contributed by atoms with Crippen LogP contribution in [0.5, 0.6) is 0 Å². The number of hydrogen-bond donors (Lipinski definition) is 0. The summed E-state index contributed by atoms with van der Waals surface area (Å²) in [7, 11) is 1.72. The lowest BCUT2D eigenvalue weighted by Crippen LogP contribution is -2.22. The number of aryl methyl sites for hydroxylation is 1. The van der Waals surface area contributed by atoms with Crippen molar-refractivity contribution >= 4 is 28.2 Å². The molecular formula is C17H10N2O4. The lowest BCUT2D eigenvalue weighted by atomic mass is 9.86. The molecule has 112 valence electrons. The topological polar surface area (TPSA) is 82.2 Å². The molecule has 6 heteroatoms. The maximum absolute atomic E-state index is 12.8. The Morgan fingerprint density at radius 2 is 1.74 bits per heavy atom. The van der Waals surface area contributed by atoms with Crippen molar-refractivity contribution in [2.75, 3.05) is 0 Å². The molecule has 23 heavy (non-hydrogen) atoms. The highest BCUT2D eigenvalue weighted by atomic mass is 16.6. The molecule has 0 amide bonds. The summed E-state index contributed by atoms with van der Waals surface area (Å²) in [6.45, 7) is 0. The van der Waals surface area contributed by atoms with E-state index in [0.717, 1.165) is 5.52 Å². The predicted octanol–water partition coefficient (Wildman–Crippen LogP) is 2.86. The number of fused-ring (bicyclic) bond motifs is 4. The average Bonchev–Trinajstić information content (AvgIpc) is 2.86. The molecule has 0 unspecified atom stereocenters. The summed E-state index contributed by atoms with van der Waals surface area (Å²) in [4.78, 5) is 36.0. The van der Waals surface area contributed by atoms with Crippen LogP contribution in [0, 0.1) is 10.1 Å². The van der Waals surface area contributed by atoms with E-state index in [1.165, 1.54) is 18.2 Å². The molecule has 0 atom stereocenters. The molecule has 0 saturated carbocycles. The fraction of sp³-hybridized carbons (Fsp3) is 0.0588. The van der Waals surface area contributed by atoms with Crippen molar-refractivity contribution in [3.8, 4) is 0 Å². The van der Waals surface area contributed by atoms with Crippen LogP contribution in [0.4, 0.5) is 5.69 Å². The largest absolute Gasteiger partial charge is 0.340 e. The second kappa shape index (κ2) is 4.36. The molecule has 0 aliphatic heterocycles. The Bertz CT molecular complexity index is 1050. The molecular weight excluding hydrogens is 296 g/mol. The van der Waals surface area contributed by atoms with Crippen molar-refractivity contribution in [1.29, 1.82) is 0 Å². The van der Waals surface area contributed by atoms with Crippen LogP contribution in [0.25, 0.3) is 10.9 Å². The van der Waals surface area contributed by atoms with Crippen LogP contribution < -0.4 is 0 Å². The van der Waals surface area contributed by atoms with E-state index in [-0.39, 0.29) is 34.1 Å². The van der Waals surface area contributed by atoms with Gasteiger partial charge in [0, 0.05) is 41.2 Å². The highest BCUT2D eigenvalue weighted by Crippen LogP contribution is 2.35. The SMILES string of the molecule is Cn1c2c(c3ccccc31)C(=O)c1ccc([N+](=O)[O-])cc1C2=O. The Morgan fingerprint density at radius 3 is 2.48 bits per heavy atom. The third-order valence-electron chi connectivity index (χ3n) is 4.25. The second-order valence-corrected chi connectivity index (χ2v) is 5.45. The van der Waals surface area contributed by atoms with E-state index in [1.807, 2.05) is 18.2 Å². The van der Waals surface area contributed by atoms with Gasteiger partial charge in [-0.05, 0) is 12.1 Å². The zero-order valence-electron chi connectivity index (χ0n) is 12.1. The maximum atomic E-state index is 12.8. The van der Waals surface area contributed by atoms with Crippen molar-refractivity contribution in [2.24, 2.45) is 7.05 Å². The first-order valence-corrected chi connectivity index (χ1v) is 6.96. The number of nitrogens with zero attached hydrogens (tertiary/aromatic N) is 2.